The highest BCUT2D eigenvalue weighted by Gasteiger charge is 2.17. The minimum atomic E-state index is 0.392. The summed E-state index contributed by atoms with van der Waals surface area (Å²) in [5, 5.41) is 22.0. The highest BCUT2D eigenvalue weighted by molar-refractivity contribution is 5.79. The third kappa shape index (κ3) is 3.31. The predicted octanol–water partition coefficient (Wildman–Crippen LogP) is 3.99. The van der Waals surface area contributed by atoms with Crippen molar-refractivity contribution in [1.29, 1.82) is 10.5 Å². The fraction of sp³-hybridized carbons (Fsp3) is 0.100. The number of nitrogens with one attached hydrogen (secondary N) is 1. The van der Waals surface area contributed by atoms with Crippen LogP contribution < -0.4 is 5.32 Å². The Bertz CT molecular complexity index is 981. The summed E-state index contributed by atoms with van der Waals surface area (Å²) in [5.74, 6) is 0.456. The molecule has 25 heavy (non-hydrogen) atoms. The van der Waals surface area contributed by atoms with Gasteiger partial charge in [-0.25, -0.2) is 9.97 Å². The molecule has 0 saturated carbocycles. The fourth-order valence-electron chi connectivity index (χ4n) is 2.55. The number of hydrogen-bond donors (Lipinski definition) is 1. The number of nitrogens with zero attached hydrogens (tertiary/aromatic N) is 4. The van der Waals surface area contributed by atoms with Crippen LogP contribution in [0.4, 0.5) is 5.95 Å². The smallest absolute Gasteiger partial charge is 0.223 e. The Hall–Kier alpha value is -3.70. The molecule has 0 spiro atoms. The SMILES string of the molecule is CCNc1nc(-c2ccccc2)c(C#N)c(-c2cccc(C#N)c2)n1. The van der Waals surface area contributed by atoms with E-state index in [-0.39, 0.29) is 0 Å². The summed E-state index contributed by atoms with van der Waals surface area (Å²) < 4.78 is 0. The molecule has 0 aliphatic carbocycles. The second-order valence-electron chi connectivity index (χ2n) is 5.32. The van der Waals surface area contributed by atoms with Crippen molar-refractivity contribution < 1.29 is 0 Å². The number of anilines is 1. The summed E-state index contributed by atoms with van der Waals surface area (Å²) >= 11 is 0. The predicted molar refractivity (Wildman–Crippen MR) is 96.5 cm³/mol. The summed E-state index contributed by atoms with van der Waals surface area (Å²) in [4.78, 5) is 9.03. The molecule has 3 aromatic rings. The molecule has 0 aliphatic rings. The van der Waals surface area contributed by atoms with Crippen molar-refractivity contribution in [3.63, 3.8) is 0 Å². The second-order valence-corrected chi connectivity index (χ2v) is 5.32. The molecule has 1 N–H and O–H groups in total. The molecule has 1 aromatic heterocycles. The lowest BCUT2D eigenvalue weighted by Crippen LogP contribution is -2.06. The highest BCUT2D eigenvalue weighted by Crippen LogP contribution is 2.30. The lowest BCUT2D eigenvalue weighted by Gasteiger charge is -2.12. The van der Waals surface area contributed by atoms with E-state index in [4.69, 9.17) is 5.26 Å². The van der Waals surface area contributed by atoms with E-state index < -0.39 is 0 Å². The average molecular weight is 325 g/mol. The Morgan fingerprint density at radius 3 is 2.20 bits per heavy atom. The van der Waals surface area contributed by atoms with Gasteiger partial charge in [0.2, 0.25) is 5.95 Å². The molecule has 0 radical (unpaired) electrons. The van der Waals surface area contributed by atoms with E-state index in [1.54, 1.807) is 18.2 Å². The van der Waals surface area contributed by atoms with Gasteiger partial charge in [0.15, 0.2) is 0 Å². The van der Waals surface area contributed by atoms with Crippen LogP contribution >= 0.6 is 0 Å². The van der Waals surface area contributed by atoms with Crippen LogP contribution in [-0.4, -0.2) is 16.5 Å². The zero-order chi connectivity index (χ0) is 17.6. The average Bonchev–Trinajstić information content (AvgIpc) is 2.68. The fourth-order valence-corrected chi connectivity index (χ4v) is 2.55. The topological polar surface area (TPSA) is 85.4 Å². The van der Waals surface area contributed by atoms with Gasteiger partial charge in [-0.05, 0) is 19.1 Å². The molecule has 0 bridgehead atoms. The maximum absolute atomic E-state index is 9.75. The first-order chi connectivity index (χ1) is 12.3. The van der Waals surface area contributed by atoms with Crippen molar-refractivity contribution in [2.75, 3.05) is 11.9 Å². The summed E-state index contributed by atoms with van der Waals surface area (Å²) in [7, 11) is 0. The number of rotatable bonds is 4. The van der Waals surface area contributed by atoms with E-state index in [1.165, 1.54) is 0 Å². The van der Waals surface area contributed by atoms with Crippen LogP contribution in [0.3, 0.4) is 0 Å². The van der Waals surface area contributed by atoms with Crippen molar-refractivity contribution in [3.8, 4) is 34.7 Å². The summed E-state index contributed by atoms with van der Waals surface area (Å²) in [5.41, 5.74) is 3.57. The van der Waals surface area contributed by atoms with E-state index in [1.807, 2.05) is 43.3 Å². The third-order valence-electron chi connectivity index (χ3n) is 3.67. The first-order valence-electron chi connectivity index (χ1n) is 7.88. The van der Waals surface area contributed by atoms with E-state index in [9.17, 15) is 5.26 Å². The number of aromatic nitrogens is 2. The van der Waals surface area contributed by atoms with Crippen molar-refractivity contribution in [3.05, 3.63) is 65.7 Å². The van der Waals surface area contributed by atoms with Gasteiger partial charge in [0.05, 0.1) is 23.0 Å². The summed E-state index contributed by atoms with van der Waals surface area (Å²) in [6, 6.07) is 21.0. The van der Waals surface area contributed by atoms with Gasteiger partial charge in [0.25, 0.3) is 0 Å². The largest absolute Gasteiger partial charge is 0.354 e. The zero-order valence-corrected chi connectivity index (χ0v) is 13.7. The van der Waals surface area contributed by atoms with Crippen LogP contribution in [0.2, 0.25) is 0 Å². The number of benzene rings is 2. The number of nitriles is 2. The zero-order valence-electron chi connectivity index (χ0n) is 13.7. The maximum atomic E-state index is 9.75. The molecule has 0 amide bonds. The minimum Gasteiger partial charge on any atom is -0.354 e. The van der Waals surface area contributed by atoms with E-state index >= 15 is 0 Å². The molecular weight excluding hydrogens is 310 g/mol. The van der Waals surface area contributed by atoms with Gasteiger partial charge in [-0.2, -0.15) is 10.5 Å². The molecule has 1 heterocycles. The van der Waals surface area contributed by atoms with E-state index in [0.717, 1.165) is 5.56 Å². The molecule has 5 nitrogen and oxygen atoms in total. The standard InChI is InChI=1S/C20H15N5/c1-2-23-20-24-18(15-8-4-3-5-9-15)17(13-22)19(25-20)16-10-6-7-14(11-16)12-21/h3-11H,2H2,1H3,(H,23,24,25). The minimum absolute atomic E-state index is 0.392. The third-order valence-corrected chi connectivity index (χ3v) is 3.67. The Morgan fingerprint density at radius 2 is 1.56 bits per heavy atom. The van der Waals surface area contributed by atoms with Crippen molar-refractivity contribution in [2.45, 2.75) is 6.92 Å². The van der Waals surface area contributed by atoms with Gasteiger partial charge in [-0.15, -0.1) is 0 Å². The molecule has 0 saturated heterocycles. The maximum Gasteiger partial charge on any atom is 0.223 e. The van der Waals surface area contributed by atoms with Crippen molar-refractivity contribution in [2.24, 2.45) is 0 Å². The molecular formula is C20H15N5. The van der Waals surface area contributed by atoms with Gasteiger partial charge in [0, 0.05) is 17.7 Å². The van der Waals surface area contributed by atoms with Crippen LogP contribution in [0.15, 0.2) is 54.6 Å². The second kappa shape index (κ2) is 7.25. The molecule has 0 unspecified atom stereocenters. The van der Waals surface area contributed by atoms with Gasteiger partial charge < -0.3 is 5.32 Å². The van der Waals surface area contributed by atoms with Gasteiger partial charge in [-0.1, -0.05) is 42.5 Å². The van der Waals surface area contributed by atoms with Crippen LogP contribution in [0.1, 0.15) is 18.1 Å². The Balaban J connectivity index is 2.29. The monoisotopic (exact) mass is 325 g/mol. The number of hydrogen-bond acceptors (Lipinski definition) is 5. The Kier molecular flexibility index (Phi) is 4.69. The summed E-state index contributed by atoms with van der Waals surface area (Å²) in [6.07, 6.45) is 0. The molecule has 0 atom stereocenters. The first-order valence-corrected chi connectivity index (χ1v) is 7.88. The Morgan fingerprint density at radius 1 is 0.880 bits per heavy atom. The lowest BCUT2D eigenvalue weighted by atomic mass is 10.00. The highest BCUT2D eigenvalue weighted by atomic mass is 15.1. The van der Waals surface area contributed by atoms with Crippen LogP contribution in [-0.2, 0) is 0 Å². The molecule has 2 aromatic carbocycles. The molecule has 0 aliphatic heterocycles. The van der Waals surface area contributed by atoms with Gasteiger partial charge >= 0.3 is 0 Å². The van der Waals surface area contributed by atoms with Crippen LogP contribution in [0, 0.1) is 22.7 Å². The van der Waals surface area contributed by atoms with Crippen LogP contribution in [0.5, 0.6) is 0 Å². The quantitative estimate of drug-likeness (QED) is 0.784. The first kappa shape index (κ1) is 16.2. The molecule has 0 fully saturated rings. The normalized spacial score (nSPS) is 9.88. The molecule has 3 rings (SSSR count). The molecule has 5 heteroatoms. The lowest BCUT2D eigenvalue weighted by molar-refractivity contribution is 1.08. The van der Waals surface area contributed by atoms with E-state index in [2.05, 4.69) is 27.4 Å². The summed E-state index contributed by atoms with van der Waals surface area (Å²) in [6.45, 7) is 2.62. The molecule has 120 valence electrons. The Labute approximate surface area is 146 Å². The van der Waals surface area contributed by atoms with E-state index in [0.29, 0.717) is 40.6 Å². The van der Waals surface area contributed by atoms with Crippen molar-refractivity contribution in [1.82, 2.24) is 9.97 Å². The van der Waals surface area contributed by atoms with Gasteiger partial charge in [0.1, 0.15) is 11.6 Å². The van der Waals surface area contributed by atoms with Gasteiger partial charge in [-0.3, -0.25) is 0 Å². The van der Waals surface area contributed by atoms with Crippen LogP contribution in [0.25, 0.3) is 22.5 Å². The van der Waals surface area contributed by atoms with Crippen molar-refractivity contribution >= 4 is 5.95 Å².